The number of hydrogen-bond acceptors (Lipinski definition) is 2. The summed E-state index contributed by atoms with van der Waals surface area (Å²) in [7, 11) is 0. The second-order valence-electron chi connectivity index (χ2n) is 4.19. The number of hydrogen-bond donors (Lipinski definition) is 2. The fraction of sp³-hybridized carbons (Fsp3) is 0.500. The maximum atomic E-state index is 12.4. The molecular weight excluding hydrogens is 311 g/mol. The summed E-state index contributed by atoms with van der Waals surface area (Å²) in [5.41, 5.74) is -0.0591. The number of rotatable bonds is 5. The van der Waals surface area contributed by atoms with Crippen LogP contribution in [-0.2, 0) is 6.18 Å². The molecule has 1 aromatic carbocycles. The summed E-state index contributed by atoms with van der Waals surface area (Å²) in [5, 5.41) is 11.8. The van der Waals surface area contributed by atoms with E-state index in [1.807, 2.05) is 6.92 Å². The number of anilines is 1. The van der Waals surface area contributed by atoms with E-state index in [0.717, 1.165) is 12.1 Å². The number of halogens is 4. The monoisotopic (exact) mass is 325 g/mol. The van der Waals surface area contributed by atoms with E-state index in [0.29, 0.717) is 23.1 Å². The Morgan fingerprint density at radius 1 is 1.39 bits per heavy atom. The molecule has 0 radical (unpaired) electrons. The van der Waals surface area contributed by atoms with Gasteiger partial charge < -0.3 is 10.4 Å². The van der Waals surface area contributed by atoms with Crippen LogP contribution in [0.1, 0.15) is 18.9 Å². The summed E-state index contributed by atoms with van der Waals surface area (Å²) in [6, 6.07) is 3.50. The number of benzene rings is 1. The lowest BCUT2D eigenvalue weighted by molar-refractivity contribution is -0.137. The fourth-order valence-electron chi connectivity index (χ4n) is 1.44. The van der Waals surface area contributed by atoms with E-state index in [2.05, 4.69) is 21.2 Å². The van der Waals surface area contributed by atoms with E-state index in [4.69, 9.17) is 5.11 Å². The predicted octanol–water partition coefficient (Wildman–Crippen LogP) is 3.90. The molecular formula is C12H15BrF3NO. The zero-order valence-electron chi connectivity index (χ0n) is 9.89. The molecule has 0 fully saturated rings. The highest BCUT2D eigenvalue weighted by Crippen LogP contribution is 2.33. The van der Waals surface area contributed by atoms with Crippen molar-refractivity contribution in [1.82, 2.24) is 0 Å². The van der Waals surface area contributed by atoms with Crippen molar-refractivity contribution in [3.8, 4) is 0 Å². The molecule has 1 unspecified atom stereocenters. The lowest BCUT2D eigenvalue weighted by atomic mass is 10.1. The summed E-state index contributed by atoms with van der Waals surface area (Å²) in [6.07, 6.45) is -3.67. The van der Waals surface area contributed by atoms with Gasteiger partial charge >= 0.3 is 6.18 Å². The van der Waals surface area contributed by atoms with Crippen LogP contribution in [0, 0.1) is 5.92 Å². The minimum absolute atomic E-state index is 0.108. The van der Waals surface area contributed by atoms with Crippen LogP contribution in [0.5, 0.6) is 0 Å². The summed E-state index contributed by atoms with van der Waals surface area (Å²) in [4.78, 5) is 0. The standard InChI is InChI=1S/C12H15BrF3NO/c1-8(4-5-18)7-17-11-3-2-9(6-10(11)13)12(14,15)16/h2-3,6,8,17-18H,4-5,7H2,1H3. The first-order valence-corrected chi connectivity index (χ1v) is 6.35. The normalized spacial score (nSPS) is 13.4. The quantitative estimate of drug-likeness (QED) is 0.860. The van der Waals surface area contributed by atoms with Crippen molar-refractivity contribution in [2.75, 3.05) is 18.5 Å². The molecule has 2 N–H and O–H groups in total. The molecule has 0 spiro atoms. The number of nitrogens with one attached hydrogen (secondary N) is 1. The maximum Gasteiger partial charge on any atom is 0.416 e. The van der Waals surface area contributed by atoms with Gasteiger partial charge in [-0.3, -0.25) is 0 Å². The molecule has 102 valence electrons. The Labute approximate surface area is 112 Å². The van der Waals surface area contributed by atoms with Gasteiger partial charge in [0.25, 0.3) is 0 Å². The molecule has 0 bridgehead atoms. The number of aliphatic hydroxyl groups is 1. The van der Waals surface area contributed by atoms with Crippen LogP contribution in [-0.4, -0.2) is 18.3 Å². The van der Waals surface area contributed by atoms with Crippen LogP contribution in [0.4, 0.5) is 18.9 Å². The van der Waals surface area contributed by atoms with Crippen molar-refractivity contribution in [2.24, 2.45) is 5.92 Å². The van der Waals surface area contributed by atoms with E-state index < -0.39 is 11.7 Å². The van der Waals surface area contributed by atoms with Crippen LogP contribution in [0.15, 0.2) is 22.7 Å². The molecule has 1 rings (SSSR count). The van der Waals surface area contributed by atoms with Gasteiger partial charge in [-0.15, -0.1) is 0 Å². The minimum Gasteiger partial charge on any atom is -0.396 e. The van der Waals surface area contributed by atoms with Gasteiger partial charge in [0.15, 0.2) is 0 Å². The summed E-state index contributed by atoms with van der Waals surface area (Å²) in [6.45, 7) is 2.67. The highest BCUT2D eigenvalue weighted by Gasteiger charge is 2.30. The van der Waals surface area contributed by atoms with Crippen LogP contribution >= 0.6 is 15.9 Å². The Morgan fingerprint density at radius 3 is 2.56 bits per heavy atom. The first-order valence-electron chi connectivity index (χ1n) is 5.56. The Bertz CT molecular complexity index is 395. The average Bonchev–Trinajstić information content (AvgIpc) is 2.26. The zero-order chi connectivity index (χ0) is 13.8. The molecule has 0 saturated carbocycles. The third-order valence-electron chi connectivity index (χ3n) is 2.56. The van der Waals surface area contributed by atoms with E-state index in [-0.39, 0.29) is 12.5 Å². The molecule has 0 saturated heterocycles. The Balaban J connectivity index is 2.69. The van der Waals surface area contributed by atoms with Crippen molar-refractivity contribution >= 4 is 21.6 Å². The first kappa shape index (κ1) is 15.3. The lowest BCUT2D eigenvalue weighted by Crippen LogP contribution is -2.13. The van der Waals surface area contributed by atoms with Gasteiger partial charge in [0, 0.05) is 23.3 Å². The van der Waals surface area contributed by atoms with E-state index in [9.17, 15) is 13.2 Å². The van der Waals surface area contributed by atoms with E-state index in [1.54, 1.807) is 0 Å². The van der Waals surface area contributed by atoms with Gasteiger partial charge in [-0.1, -0.05) is 6.92 Å². The highest BCUT2D eigenvalue weighted by atomic mass is 79.9. The summed E-state index contributed by atoms with van der Waals surface area (Å²) >= 11 is 3.12. The fourth-order valence-corrected chi connectivity index (χ4v) is 1.96. The molecule has 2 nitrogen and oxygen atoms in total. The smallest absolute Gasteiger partial charge is 0.396 e. The minimum atomic E-state index is -4.33. The molecule has 18 heavy (non-hydrogen) atoms. The number of aliphatic hydroxyl groups excluding tert-OH is 1. The third kappa shape index (κ3) is 4.49. The summed E-state index contributed by atoms with van der Waals surface area (Å²) < 4.78 is 37.7. The van der Waals surface area contributed by atoms with Crippen molar-refractivity contribution in [1.29, 1.82) is 0 Å². The van der Waals surface area contributed by atoms with Gasteiger partial charge in [0.05, 0.1) is 5.56 Å². The molecule has 0 aliphatic heterocycles. The Hall–Kier alpha value is -0.750. The molecule has 0 aromatic heterocycles. The second-order valence-corrected chi connectivity index (χ2v) is 5.05. The highest BCUT2D eigenvalue weighted by molar-refractivity contribution is 9.10. The Kier molecular flexibility index (Phi) is 5.47. The van der Waals surface area contributed by atoms with Gasteiger partial charge in [-0.25, -0.2) is 0 Å². The molecule has 1 atom stereocenters. The van der Waals surface area contributed by atoms with Gasteiger partial charge in [0.2, 0.25) is 0 Å². The molecule has 0 aliphatic carbocycles. The van der Waals surface area contributed by atoms with Crippen LogP contribution in [0.2, 0.25) is 0 Å². The van der Waals surface area contributed by atoms with Crippen molar-refractivity contribution in [3.63, 3.8) is 0 Å². The molecule has 1 aromatic rings. The number of alkyl halides is 3. The van der Waals surface area contributed by atoms with Gasteiger partial charge in [0.1, 0.15) is 0 Å². The largest absolute Gasteiger partial charge is 0.416 e. The van der Waals surface area contributed by atoms with Crippen molar-refractivity contribution in [2.45, 2.75) is 19.5 Å². The second kappa shape index (κ2) is 6.43. The van der Waals surface area contributed by atoms with Gasteiger partial charge in [-0.05, 0) is 46.5 Å². The van der Waals surface area contributed by atoms with Crippen LogP contribution < -0.4 is 5.32 Å². The SMILES string of the molecule is CC(CCO)CNc1ccc(C(F)(F)F)cc1Br. The van der Waals surface area contributed by atoms with E-state index >= 15 is 0 Å². The first-order chi connectivity index (χ1) is 8.34. The van der Waals surface area contributed by atoms with Crippen molar-refractivity contribution in [3.05, 3.63) is 28.2 Å². The summed E-state index contributed by atoms with van der Waals surface area (Å²) in [5.74, 6) is 0.254. The maximum absolute atomic E-state index is 12.4. The van der Waals surface area contributed by atoms with Gasteiger partial charge in [-0.2, -0.15) is 13.2 Å². The van der Waals surface area contributed by atoms with Crippen LogP contribution in [0.25, 0.3) is 0 Å². The zero-order valence-corrected chi connectivity index (χ0v) is 11.5. The van der Waals surface area contributed by atoms with E-state index in [1.165, 1.54) is 6.07 Å². The lowest BCUT2D eigenvalue weighted by Gasteiger charge is -2.15. The average molecular weight is 326 g/mol. The third-order valence-corrected chi connectivity index (χ3v) is 3.22. The molecule has 0 heterocycles. The van der Waals surface area contributed by atoms with Crippen molar-refractivity contribution < 1.29 is 18.3 Å². The van der Waals surface area contributed by atoms with Crippen LogP contribution in [0.3, 0.4) is 0 Å². The molecule has 0 amide bonds. The predicted molar refractivity (Wildman–Crippen MR) is 68.5 cm³/mol. The molecule has 6 heteroatoms. The molecule has 0 aliphatic rings. The topological polar surface area (TPSA) is 32.3 Å². The Morgan fingerprint density at radius 2 is 2.06 bits per heavy atom.